The maximum Gasteiger partial charge on any atom is 0.227 e. The number of anilines is 1. The van der Waals surface area contributed by atoms with Crippen molar-refractivity contribution in [1.29, 1.82) is 0 Å². The van der Waals surface area contributed by atoms with Crippen molar-refractivity contribution in [1.82, 2.24) is 10.6 Å². The van der Waals surface area contributed by atoms with Gasteiger partial charge in [0.25, 0.3) is 0 Å². The number of benzene rings is 1. The number of nitrogens with zero attached hydrogens (tertiary/aromatic N) is 1. The second kappa shape index (κ2) is 9.38. The van der Waals surface area contributed by atoms with Gasteiger partial charge in [0.2, 0.25) is 11.8 Å². The molecular weight excluding hydrogens is 350 g/mol. The Labute approximate surface area is 162 Å². The molecule has 2 heterocycles. The van der Waals surface area contributed by atoms with Crippen LogP contribution in [0.3, 0.4) is 0 Å². The number of amides is 2. The number of nitrogens with one attached hydrogen (secondary N) is 2. The Kier molecular flexibility index (Phi) is 7.47. The van der Waals surface area contributed by atoms with Gasteiger partial charge < -0.3 is 15.5 Å². The summed E-state index contributed by atoms with van der Waals surface area (Å²) in [6, 6.07) is 8.33. The summed E-state index contributed by atoms with van der Waals surface area (Å²) in [5, 5.41) is 6.45. The molecule has 0 spiro atoms. The fourth-order valence-electron chi connectivity index (χ4n) is 3.77. The van der Waals surface area contributed by atoms with E-state index in [1.807, 2.05) is 23.1 Å². The zero-order valence-corrected chi connectivity index (χ0v) is 16.5. The zero-order valence-electron chi connectivity index (χ0n) is 15.7. The van der Waals surface area contributed by atoms with E-state index in [2.05, 4.69) is 30.5 Å². The van der Waals surface area contributed by atoms with Crippen LogP contribution in [-0.2, 0) is 9.59 Å². The van der Waals surface area contributed by atoms with Gasteiger partial charge in [-0.25, -0.2) is 0 Å². The average molecular weight is 380 g/mol. The molecule has 2 N–H and O–H groups in total. The lowest BCUT2D eigenvalue weighted by atomic mass is 9.96. The molecule has 2 saturated heterocycles. The van der Waals surface area contributed by atoms with Crippen LogP contribution in [0.15, 0.2) is 24.3 Å². The van der Waals surface area contributed by atoms with Crippen LogP contribution in [0.25, 0.3) is 0 Å². The number of halogens is 1. The molecule has 3 rings (SSSR count). The second-order valence-electron chi connectivity index (χ2n) is 7.31. The van der Waals surface area contributed by atoms with E-state index in [9.17, 15) is 9.59 Å². The summed E-state index contributed by atoms with van der Waals surface area (Å²) >= 11 is 0. The molecular formula is C20H30ClN3O2. The summed E-state index contributed by atoms with van der Waals surface area (Å²) in [4.78, 5) is 27.0. The summed E-state index contributed by atoms with van der Waals surface area (Å²) in [5.41, 5.74) is 2.16. The number of hydrogen-bond donors (Lipinski definition) is 2. The average Bonchev–Trinajstić information content (AvgIpc) is 3.03. The first-order valence-corrected chi connectivity index (χ1v) is 9.50. The summed E-state index contributed by atoms with van der Waals surface area (Å²) in [6.07, 6.45) is 3.27. The van der Waals surface area contributed by atoms with Crippen LogP contribution in [0.2, 0.25) is 0 Å². The minimum absolute atomic E-state index is 0. The van der Waals surface area contributed by atoms with Gasteiger partial charge in [0, 0.05) is 24.7 Å². The van der Waals surface area contributed by atoms with E-state index < -0.39 is 0 Å². The molecule has 5 nitrogen and oxygen atoms in total. The third kappa shape index (κ3) is 4.57. The van der Waals surface area contributed by atoms with Crippen LogP contribution >= 0.6 is 12.4 Å². The molecule has 0 bridgehead atoms. The minimum Gasteiger partial charge on any atom is -0.353 e. The van der Waals surface area contributed by atoms with E-state index in [4.69, 9.17) is 0 Å². The fourth-order valence-corrected chi connectivity index (χ4v) is 3.77. The summed E-state index contributed by atoms with van der Waals surface area (Å²) in [7, 11) is 0. The number of para-hydroxylation sites is 1. The van der Waals surface area contributed by atoms with E-state index in [-0.39, 0.29) is 36.2 Å². The van der Waals surface area contributed by atoms with Crippen molar-refractivity contribution in [3.05, 3.63) is 29.8 Å². The maximum atomic E-state index is 12.6. The van der Waals surface area contributed by atoms with E-state index in [1.54, 1.807) is 0 Å². The van der Waals surface area contributed by atoms with Gasteiger partial charge in [0.05, 0.1) is 5.92 Å². The van der Waals surface area contributed by atoms with Crippen LogP contribution in [-0.4, -0.2) is 37.5 Å². The van der Waals surface area contributed by atoms with Crippen molar-refractivity contribution < 1.29 is 9.59 Å². The van der Waals surface area contributed by atoms with Crippen molar-refractivity contribution in [3.8, 4) is 0 Å². The molecule has 0 saturated carbocycles. The molecule has 0 aromatic heterocycles. The van der Waals surface area contributed by atoms with Gasteiger partial charge in [-0.05, 0) is 49.9 Å². The van der Waals surface area contributed by atoms with Gasteiger partial charge in [-0.2, -0.15) is 0 Å². The Morgan fingerprint density at radius 2 is 2.00 bits per heavy atom. The number of carbonyl (C=O) groups is 2. The lowest BCUT2D eigenvalue weighted by Gasteiger charge is -2.25. The van der Waals surface area contributed by atoms with E-state index in [1.165, 1.54) is 5.56 Å². The van der Waals surface area contributed by atoms with E-state index >= 15 is 0 Å². The summed E-state index contributed by atoms with van der Waals surface area (Å²) in [5.74, 6) is 0.240. The quantitative estimate of drug-likeness (QED) is 0.826. The van der Waals surface area contributed by atoms with Gasteiger partial charge in [0.15, 0.2) is 0 Å². The number of rotatable bonds is 5. The predicted molar refractivity (Wildman–Crippen MR) is 107 cm³/mol. The lowest BCUT2D eigenvalue weighted by Crippen LogP contribution is -2.45. The Balaban J connectivity index is 0.00000243. The smallest absolute Gasteiger partial charge is 0.227 e. The molecule has 1 aromatic rings. The molecule has 26 heavy (non-hydrogen) atoms. The highest BCUT2D eigenvalue weighted by Gasteiger charge is 2.36. The third-order valence-electron chi connectivity index (χ3n) is 5.55. The first kappa shape index (κ1) is 20.7. The largest absolute Gasteiger partial charge is 0.353 e. The van der Waals surface area contributed by atoms with Gasteiger partial charge in [-0.1, -0.05) is 32.0 Å². The van der Waals surface area contributed by atoms with Gasteiger partial charge in [-0.3, -0.25) is 9.59 Å². The highest BCUT2D eigenvalue weighted by molar-refractivity contribution is 6.01. The highest BCUT2D eigenvalue weighted by atomic mass is 35.5. The monoisotopic (exact) mass is 379 g/mol. The molecule has 144 valence electrons. The van der Waals surface area contributed by atoms with E-state index in [0.717, 1.165) is 38.0 Å². The van der Waals surface area contributed by atoms with Crippen molar-refractivity contribution in [2.75, 3.05) is 24.5 Å². The number of hydrogen-bond acceptors (Lipinski definition) is 3. The standard InChI is InChI=1S/C20H29N3O2.ClH/c1-3-14(2)17-6-4-5-7-18(17)23-13-15(12-19(23)24)20(25)22-16-8-10-21-11-9-16;/h4-7,14-16,21H,3,8-13H2,1-2H3,(H,22,25);1H. The Morgan fingerprint density at radius 1 is 1.31 bits per heavy atom. The molecule has 2 aliphatic heterocycles. The zero-order chi connectivity index (χ0) is 17.8. The fraction of sp³-hybridized carbons (Fsp3) is 0.600. The maximum absolute atomic E-state index is 12.6. The first-order chi connectivity index (χ1) is 12.1. The van der Waals surface area contributed by atoms with Crippen molar-refractivity contribution in [2.45, 2.75) is 51.5 Å². The number of carbonyl (C=O) groups excluding carboxylic acids is 2. The Bertz CT molecular complexity index is 631. The van der Waals surface area contributed by atoms with Crippen LogP contribution in [0.1, 0.15) is 51.0 Å². The topological polar surface area (TPSA) is 61.4 Å². The molecule has 2 unspecified atom stereocenters. The molecule has 0 aliphatic carbocycles. The van der Waals surface area contributed by atoms with Crippen LogP contribution in [0, 0.1) is 5.92 Å². The third-order valence-corrected chi connectivity index (χ3v) is 5.55. The van der Waals surface area contributed by atoms with Crippen LogP contribution in [0.4, 0.5) is 5.69 Å². The first-order valence-electron chi connectivity index (χ1n) is 9.50. The van der Waals surface area contributed by atoms with Crippen molar-refractivity contribution in [3.63, 3.8) is 0 Å². The van der Waals surface area contributed by atoms with Gasteiger partial charge in [-0.15, -0.1) is 12.4 Å². The summed E-state index contributed by atoms with van der Waals surface area (Å²) in [6.45, 7) is 6.72. The van der Waals surface area contributed by atoms with Gasteiger partial charge in [0.1, 0.15) is 0 Å². The Hall–Kier alpha value is -1.59. The molecule has 2 aliphatic rings. The van der Waals surface area contributed by atoms with Crippen molar-refractivity contribution in [2.24, 2.45) is 5.92 Å². The summed E-state index contributed by atoms with van der Waals surface area (Å²) < 4.78 is 0. The van der Waals surface area contributed by atoms with Crippen molar-refractivity contribution >= 4 is 29.9 Å². The Morgan fingerprint density at radius 3 is 2.69 bits per heavy atom. The normalized spacial score (nSPS) is 22.0. The number of piperidine rings is 1. The molecule has 1 aromatic carbocycles. The lowest BCUT2D eigenvalue weighted by molar-refractivity contribution is -0.127. The molecule has 2 atom stereocenters. The molecule has 6 heteroatoms. The molecule has 0 radical (unpaired) electrons. The minimum atomic E-state index is -0.243. The van der Waals surface area contributed by atoms with Gasteiger partial charge >= 0.3 is 0 Å². The highest BCUT2D eigenvalue weighted by Crippen LogP contribution is 2.33. The second-order valence-corrected chi connectivity index (χ2v) is 7.31. The molecule has 2 fully saturated rings. The molecule has 2 amide bonds. The van der Waals surface area contributed by atoms with E-state index in [0.29, 0.717) is 18.9 Å². The predicted octanol–water partition coefficient (Wildman–Crippen LogP) is 2.84. The van der Waals surface area contributed by atoms with Crippen LogP contribution < -0.4 is 15.5 Å². The SMILES string of the molecule is CCC(C)c1ccccc1N1CC(C(=O)NC2CCNCC2)CC1=O.Cl. The van der Waals surface area contributed by atoms with Crippen LogP contribution in [0.5, 0.6) is 0 Å².